The summed E-state index contributed by atoms with van der Waals surface area (Å²) in [6.07, 6.45) is 1.26. The van der Waals surface area contributed by atoms with Gasteiger partial charge >= 0.3 is 0 Å². The van der Waals surface area contributed by atoms with E-state index in [1.807, 2.05) is 6.92 Å². The quantitative estimate of drug-likeness (QED) is 0.502. The van der Waals surface area contributed by atoms with Crippen LogP contribution in [0, 0.1) is 6.92 Å². The molecule has 0 bridgehead atoms. The van der Waals surface area contributed by atoms with Crippen LogP contribution in [0.3, 0.4) is 0 Å². The van der Waals surface area contributed by atoms with Gasteiger partial charge < -0.3 is 15.1 Å². The van der Waals surface area contributed by atoms with Crippen LogP contribution in [0.4, 0.5) is 10.8 Å². The maximum Gasteiger partial charge on any atom is 0.265 e. The first-order chi connectivity index (χ1) is 13.0. The number of hydrogen-bond donors (Lipinski definition) is 2. The van der Waals surface area contributed by atoms with Crippen LogP contribution >= 0.6 is 22.7 Å². The Hall–Kier alpha value is -2.78. The van der Waals surface area contributed by atoms with E-state index >= 15 is 0 Å². The molecule has 9 heteroatoms. The van der Waals surface area contributed by atoms with Crippen molar-refractivity contribution in [1.82, 2.24) is 9.97 Å². The molecule has 0 fully saturated rings. The smallest absolute Gasteiger partial charge is 0.265 e. The molecule has 0 saturated heterocycles. The van der Waals surface area contributed by atoms with E-state index in [1.165, 1.54) is 22.7 Å². The number of nitrogens with one attached hydrogen (secondary N) is 2. The van der Waals surface area contributed by atoms with Gasteiger partial charge in [-0.3, -0.25) is 9.59 Å². The van der Waals surface area contributed by atoms with Crippen LogP contribution in [0.15, 0.2) is 28.7 Å². The molecule has 138 valence electrons. The van der Waals surface area contributed by atoms with E-state index in [1.54, 1.807) is 31.2 Å². The molecule has 0 aliphatic heterocycles. The van der Waals surface area contributed by atoms with Gasteiger partial charge in [-0.2, -0.15) is 0 Å². The van der Waals surface area contributed by atoms with Gasteiger partial charge in [-0.1, -0.05) is 18.3 Å². The van der Waals surface area contributed by atoms with Crippen molar-refractivity contribution in [3.63, 3.8) is 0 Å². The molecule has 2 N–H and O–H groups in total. The molecule has 0 aliphatic carbocycles. The normalized spacial score (nSPS) is 11.2. The van der Waals surface area contributed by atoms with E-state index in [0.29, 0.717) is 39.1 Å². The largest absolute Gasteiger partial charge is 0.441 e. The van der Waals surface area contributed by atoms with Crippen LogP contribution in [-0.4, -0.2) is 21.8 Å². The molecule has 0 atom stereocenters. The van der Waals surface area contributed by atoms with E-state index in [0.717, 1.165) is 16.0 Å². The molecule has 0 aliphatic rings. The summed E-state index contributed by atoms with van der Waals surface area (Å²) in [5.41, 5.74) is 2.04. The average Bonchev–Trinajstić information content (AvgIpc) is 3.26. The number of oxazole rings is 1. The predicted octanol–water partition coefficient (Wildman–Crippen LogP) is 4.80. The third-order valence-corrected chi connectivity index (χ3v) is 5.86. The van der Waals surface area contributed by atoms with Gasteiger partial charge in [0.15, 0.2) is 16.6 Å². The van der Waals surface area contributed by atoms with Crippen LogP contribution in [0.5, 0.6) is 0 Å². The Morgan fingerprint density at radius 3 is 2.78 bits per heavy atom. The van der Waals surface area contributed by atoms with Crippen molar-refractivity contribution in [1.29, 1.82) is 0 Å². The third kappa shape index (κ3) is 3.69. The van der Waals surface area contributed by atoms with E-state index in [9.17, 15) is 9.59 Å². The Morgan fingerprint density at radius 2 is 2.00 bits per heavy atom. The van der Waals surface area contributed by atoms with Crippen molar-refractivity contribution in [3.05, 3.63) is 35.0 Å². The van der Waals surface area contributed by atoms with E-state index < -0.39 is 0 Å². The first kappa shape index (κ1) is 17.6. The fourth-order valence-electron chi connectivity index (χ4n) is 2.62. The maximum atomic E-state index is 12.5. The molecule has 0 unspecified atom stereocenters. The molecular formula is C18H16N4O3S2. The number of aryl methyl sites for hydroxylation is 1. The van der Waals surface area contributed by atoms with Gasteiger partial charge in [-0.15, -0.1) is 11.3 Å². The number of anilines is 2. The second-order valence-corrected chi connectivity index (χ2v) is 8.03. The fourth-order valence-corrected chi connectivity index (χ4v) is 4.65. The highest BCUT2D eigenvalue weighted by atomic mass is 32.1. The van der Waals surface area contributed by atoms with Crippen molar-refractivity contribution < 1.29 is 14.0 Å². The standard InChI is InChI=1S/C18H16N4O3S2/c1-3-4-15(23)21-18-22-17-14(27-18)8-13(26-17)16(24)20-10-5-6-12-11(7-10)19-9(2)25-12/h5-8H,3-4H2,1-2H3,(H,20,24)(H,21,22,23). The van der Waals surface area contributed by atoms with Crippen molar-refractivity contribution in [2.24, 2.45) is 0 Å². The van der Waals surface area contributed by atoms with Crippen molar-refractivity contribution in [2.45, 2.75) is 26.7 Å². The summed E-state index contributed by atoms with van der Waals surface area (Å²) in [5, 5.41) is 6.22. The number of thiophene rings is 1. The van der Waals surface area contributed by atoms with Gasteiger partial charge in [0.25, 0.3) is 5.91 Å². The Kier molecular flexibility index (Phi) is 4.63. The lowest BCUT2D eigenvalue weighted by atomic mass is 10.3. The fraction of sp³-hybridized carbons (Fsp3) is 0.222. The van der Waals surface area contributed by atoms with Gasteiger partial charge in [0.05, 0.1) is 9.58 Å². The minimum atomic E-state index is -0.207. The Bertz CT molecular complexity index is 1130. The second-order valence-electron chi connectivity index (χ2n) is 5.97. The number of rotatable bonds is 5. The first-order valence-electron chi connectivity index (χ1n) is 8.40. The highest BCUT2D eigenvalue weighted by Crippen LogP contribution is 2.33. The summed E-state index contributed by atoms with van der Waals surface area (Å²) in [5.74, 6) is 0.330. The lowest BCUT2D eigenvalue weighted by Gasteiger charge is -2.02. The van der Waals surface area contributed by atoms with Crippen molar-refractivity contribution in [3.8, 4) is 0 Å². The lowest BCUT2D eigenvalue weighted by molar-refractivity contribution is -0.116. The minimum absolute atomic E-state index is 0.0460. The number of carbonyl (C=O) groups is 2. The third-order valence-electron chi connectivity index (χ3n) is 3.79. The number of benzene rings is 1. The molecule has 7 nitrogen and oxygen atoms in total. The second kappa shape index (κ2) is 7.09. The number of hydrogen-bond acceptors (Lipinski definition) is 7. The summed E-state index contributed by atoms with van der Waals surface area (Å²) in [7, 11) is 0. The molecule has 0 saturated carbocycles. The number of amides is 2. The van der Waals surface area contributed by atoms with E-state index in [2.05, 4.69) is 20.6 Å². The number of fused-ring (bicyclic) bond motifs is 2. The Morgan fingerprint density at radius 1 is 1.15 bits per heavy atom. The number of nitrogens with zero attached hydrogens (tertiary/aromatic N) is 2. The van der Waals surface area contributed by atoms with Crippen LogP contribution in [0.1, 0.15) is 35.3 Å². The van der Waals surface area contributed by atoms with Crippen LogP contribution in [0.2, 0.25) is 0 Å². The first-order valence-corrected chi connectivity index (χ1v) is 10.0. The molecule has 27 heavy (non-hydrogen) atoms. The van der Waals surface area contributed by atoms with Crippen LogP contribution in [0.25, 0.3) is 20.6 Å². The maximum absolute atomic E-state index is 12.5. The SMILES string of the molecule is CCCC(=O)Nc1nc2sc(C(=O)Nc3ccc4oc(C)nc4c3)cc2s1. The van der Waals surface area contributed by atoms with Crippen LogP contribution < -0.4 is 10.6 Å². The minimum Gasteiger partial charge on any atom is -0.441 e. The summed E-state index contributed by atoms with van der Waals surface area (Å²) >= 11 is 2.66. The zero-order valence-electron chi connectivity index (χ0n) is 14.7. The zero-order chi connectivity index (χ0) is 19.0. The Balaban J connectivity index is 1.50. The number of aromatic nitrogens is 2. The van der Waals surface area contributed by atoms with Crippen LogP contribution in [-0.2, 0) is 4.79 Å². The van der Waals surface area contributed by atoms with Crippen molar-refractivity contribution >= 4 is 65.9 Å². The molecule has 3 aromatic heterocycles. The molecular weight excluding hydrogens is 384 g/mol. The zero-order valence-corrected chi connectivity index (χ0v) is 16.3. The van der Waals surface area contributed by atoms with Gasteiger partial charge in [-0.25, -0.2) is 9.97 Å². The summed E-state index contributed by atoms with van der Waals surface area (Å²) in [4.78, 5) is 34.2. The van der Waals surface area contributed by atoms with Crippen molar-refractivity contribution in [2.75, 3.05) is 10.6 Å². The summed E-state index contributed by atoms with van der Waals surface area (Å²) < 4.78 is 6.31. The highest BCUT2D eigenvalue weighted by Gasteiger charge is 2.15. The molecule has 0 radical (unpaired) electrons. The van der Waals surface area contributed by atoms with Gasteiger partial charge in [-0.05, 0) is 30.7 Å². The lowest BCUT2D eigenvalue weighted by Crippen LogP contribution is -2.10. The van der Waals surface area contributed by atoms with Gasteiger partial charge in [0, 0.05) is 19.0 Å². The number of carbonyl (C=O) groups excluding carboxylic acids is 2. The molecule has 0 spiro atoms. The monoisotopic (exact) mass is 400 g/mol. The molecule has 4 aromatic rings. The predicted molar refractivity (Wildman–Crippen MR) is 108 cm³/mol. The summed E-state index contributed by atoms with van der Waals surface area (Å²) in [6, 6.07) is 7.13. The Labute approximate surface area is 162 Å². The van der Waals surface area contributed by atoms with E-state index in [4.69, 9.17) is 4.42 Å². The molecule has 2 amide bonds. The van der Waals surface area contributed by atoms with Gasteiger partial charge in [0.2, 0.25) is 5.91 Å². The van der Waals surface area contributed by atoms with Gasteiger partial charge in [0.1, 0.15) is 10.3 Å². The molecule has 1 aromatic carbocycles. The van der Waals surface area contributed by atoms with E-state index in [-0.39, 0.29) is 11.8 Å². The summed E-state index contributed by atoms with van der Waals surface area (Å²) in [6.45, 7) is 3.73. The number of thiazole rings is 1. The molecule has 3 heterocycles. The highest BCUT2D eigenvalue weighted by molar-refractivity contribution is 7.29. The average molecular weight is 400 g/mol. The topological polar surface area (TPSA) is 97.1 Å². The molecule has 4 rings (SSSR count).